The van der Waals surface area contributed by atoms with Crippen molar-refractivity contribution in [3.05, 3.63) is 66.4 Å². The van der Waals surface area contributed by atoms with Crippen LogP contribution in [0.5, 0.6) is 0 Å². The zero-order chi connectivity index (χ0) is 22.5. The first-order valence-electron chi connectivity index (χ1n) is 10.0. The minimum atomic E-state index is -0.573. The summed E-state index contributed by atoms with van der Waals surface area (Å²) in [4.78, 5) is 32.9. The van der Waals surface area contributed by atoms with Crippen LogP contribution in [0, 0.1) is 5.82 Å². The van der Waals surface area contributed by atoms with E-state index in [1.807, 2.05) is 6.07 Å². The van der Waals surface area contributed by atoms with Gasteiger partial charge in [0.15, 0.2) is 6.39 Å². The summed E-state index contributed by atoms with van der Waals surface area (Å²) in [5.41, 5.74) is 3.00. The molecule has 0 bridgehead atoms. The summed E-state index contributed by atoms with van der Waals surface area (Å²) in [5.74, 6) is -0.681. The molecule has 1 atom stereocenters. The van der Waals surface area contributed by atoms with Crippen LogP contribution in [0.3, 0.4) is 0 Å². The van der Waals surface area contributed by atoms with Gasteiger partial charge in [-0.2, -0.15) is 0 Å². The molecule has 2 aromatic heterocycles. The molecule has 2 N–H and O–H groups in total. The highest BCUT2D eigenvalue weighted by Crippen LogP contribution is 2.28. The topological polar surface area (TPSA) is 110 Å². The molecule has 3 heterocycles. The third kappa shape index (κ3) is 5.09. The van der Waals surface area contributed by atoms with E-state index in [1.54, 1.807) is 30.7 Å². The van der Waals surface area contributed by atoms with Gasteiger partial charge in [0.25, 0.3) is 0 Å². The van der Waals surface area contributed by atoms with E-state index in [0.29, 0.717) is 29.9 Å². The Labute approximate surface area is 183 Å². The number of anilines is 1. The number of benzene rings is 1. The number of halogens is 1. The van der Waals surface area contributed by atoms with Crippen LogP contribution in [0.1, 0.15) is 18.3 Å². The molecule has 1 aliphatic heterocycles. The fourth-order valence-electron chi connectivity index (χ4n) is 3.33. The molecule has 0 spiro atoms. The van der Waals surface area contributed by atoms with Crippen molar-refractivity contribution < 1.29 is 23.1 Å². The normalized spacial score (nSPS) is 15.6. The Morgan fingerprint density at radius 2 is 2.06 bits per heavy atom. The van der Waals surface area contributed by atoms with Crippen LogP contribution in [0.2, 0.25) is 0 Å². The number of cyclic esters (lactones) is 1. The summed E-state index contributed by atoms with van der Waals surface area (Å²) < 4.78 is 25.0. The number of aromatic nitrogens is 2. The summed E-state index contributed by atoms with van der Waals surface area (Å²) in [6, 6.07) is 8.19. The van der Waals surface area contributed by atoms with Gasteiger partial charge < -0.3 is 19.8 Å². The zero-order valence-electron chi connectivity index (χ0n) is 17.4. The van der Waals surface area contributed by atoms with Crippen LogP contribution < -0.4 is 15.5 Å². The standard InChI is InChI=1S/C22H22FN5O4/c1-14(29)25-10-19-11-28(22(30)32-19)18-4-5-20(21(23)6-18)15-2-3-16(26-7-15)8-24-9-17-12-31-13-27-17/h2-7,12-13,19,24H,8-11H2,1H3,(H,25,29). The quantitative estimate of drug-likeness (QED) is 0.555. The van der Waals surface area contributed by atoms with Crippen molar-refractivity contribution in [3.8, 4) is 11.1 Å². The Kier molecular flexibility index (Phi) is 6.41. The molecule has 0 saturated carbocycles. The molecule has 1 fully saturated rings. The van der Waals surface area contributed by atoms with Gasteiger partial charge in [-0.3, -0.25) is 14.7 Å². The predicted molar refractivity (Wildman–Crippen MR) is 113 cm³/mol. The fraction of sp³-hybridized carbons (Fsp3) is 0.273. The van der Waals surface area contributed by atoms with Gasteiger partial charge in [-0.05, 0) is 24.3 Å². The van der Waals surface area contributed by atoms with E-state index in [0.717, 1.165) is 11.4 Å². The first-order chi connectivity index (χ1) is 15.5. The molecule has 4 rings (SSSR count). The molecule has 32 heavy (non-hydrogen) atoms. The van der Waals surface area contributed by atoms with E-state index < -0.39 is 18.0 Å². The summed E-state index contributed by atoms with van der Waals surface area (Å²) in [6.07, 6.45) is 3.50. The molecule has 2 amide bonds. The maximum absolute atomic E-state index is 14.8. The monoisotopic (exact) mass is 439 g/mol. The van der Waals surface area contributed by atoms with E-state index in [2.05, 4.69) is 20.6 Å². The average Bonchev–Trinajstić information content (AvgIpc) is 3.42. The number of carbonyl (C=O) groups is 2. The van der Waals surface area contributed by atoms with Crippen LogP contribution in [0.15, 0.2) is 53.6 Å². The number of oxazole rings is 1. The van der Waals surface area contributed by atoms with Gasteiger partial charge >= 0.3 is 6.09 Å². The Morgan fingerprint density at radius 3 is 2.75 bits per heavy atom. The molecule has 166 valence electrons. The molecule has 3 aromatic rings. The first kappa shape index (κ1) is 21.4. The molecule has 10 heteroatoms. The number of hydrogen-bond acceptors (Lipinski definition) is 7. The maximum atomic E-state index is 14.8. The van der Waals surface area contributed by atoms with Crippen molar-refractivity contribution >= 4 is 17.7 Å². The molecule has 0 aliphatic carbocycles. The molecule has 1 aliphatic rings. The number of carbonyl (C=O) groups excluding carboxylic acids is 2. The lowest BCUT2D eigenvalue weighted by molar-refractivity contribution is -0.119. The predicted octanol–water partition coefficient (Wildman–Crippen LogP) is 2.63. The second-order valence-electron chi connectivity index (χ2n) is 7.34. The zero-order valence-corrected chi connectivity index (χ0v) is 17.4. The van der Waals surface area contributed by atoms with E-state index in [9.17, 15) is 14.0 Å². The van der Waals surface area contributed by atoms with Gasteiger partial charge in [-0.1, -0.05) is 6.07 Å². The molecule has 0 radical (unpaired) electrons. The number of ether oxygens (including phenoxy) is 1. The number of hydrogen-bond donors (Lipinski definition) is 2. The van der Waals surface area contributed by atoms with Crippen LogP contribution in [-0.4, -0.2) is 41.2 Å². The van der Waals surface area contributed by atoms with E-state index in [4.69, 9.17) is 9.15 Å². The minimum Gasteiger partial charge on any atom is -0.451 e. The molecule has 1 unspecified atom stereocenters. The van der Waals surface area contributed by atoms with Crippen molar-refractivity contribution in [2.45, 2.75) is 26.1 Å². The molecule has 1 aromatic carbocycles. The second-order valence-corrected chi connectivity index (χ2v) is 7.34. The van der Waals surface area contributed by atoms with Gasteiger partial charge in [0.05, 0.1) is 30.2 Å². The molecule has 1 saturated heterocycles. The molecular weight excluding hydrogens is 417 g/mol. The van der Waals surface area contributed by atoms with Gasteiger partial charge in [-0.25, -0.2) is 14.2 Å². The highest BCUT2D eigenvalue weighted by molar-refractivity contribution is 5.90. The summed E-state index contributed by atoms with van der Waals surface area (Å²) in [6.45, 7) is 2.92. The SMILES string of the molecule is CC(=O)NCC1CN(c2ccc(-c3ccc(CNCc4cocn4)nc3)c(F)c2)C(=O)O1. The third-order valence-electron chi connectivity index (χ3n) is 4.95. The van der Waals surface area contributed by atoms with E-state index >= 15 is 0 Å². The Hall–Kier alpha value is -3.79. The first-order valence-corrected chi connectivity index (χ1v) is 10.0. The second kappa shape index (κ2) is 9.56. The summed E-state index contributed by atoms with van der Waals surface area (Å²) >= 11 is 0. The van der Waals surface area contributed by atoms with Crippen LogP contribution >= 0.6 is 0 Å². The molecule has 9 nitrogen and oxygen atoms in total. The van der Waals surface area contributed by atoms with Gasteiger partial charge in [-0.15, -0.1) is 0 Å². The number of amides is 2. The summed E-state index contributed by atoms with van der Waals surface area (Å²) in [5, 5.41) is 5.82. The van der Waals surface area contributed by atoms with Gasteiger partial charge in [0, 0.05) is 37.3 Å². The van der Waals surface area contributed by atoms with Gasteiger partial charge in [0.2, 0.25) is 5.91 Å². The largest absolute Gasteiger partial charge is 0.451 e. The number of nitrogens with zero attached hydrogens (tertiary/aromatic N) is 3. The van der Waals surface area contributed by atoms with Gasteiger partial charge in [0.1, 0.15) is 18.2 Å². The summed E-state index contributed by atoms with van der Waals surface area (Å²) in [7, 11) is 0. The van der Waals surface area contributed by atoms with Crippen LogP contribution in [0.25, 0.3) is 11.1 Å². The smallest absolute Gasteiger partial charge is 0.414 e. The number of rotatable bonds is 8. The van der Waals surface area contributed by atoms with Crippen LogP contribution in [0.4, 0.5) is 14.9 Å². The highest BCUT2D eigenvalue weighted by Gasteiger charge is 2.32. The van der Waals surface area contributed by atoms with E-state index in [1.165, 1.54) is 24.3 Å². The number of pyridine rings is 1. The Morgan fingerprint density at radius 1 is 1.22 bits per heavy atom. The lowest BCUT2D eigenvalue weighted by Gasteiger charge is -2.14. The average molecular weight is 439 g/mol. The lowest BCUT2D eigenvalue weighted by Crippen LogP contribution is -2.33. The number of nitrogens with one attached hydrogen (secondary N) is 2. The van der Waals surface area contributed by atoms with Crippen molar-refractivity contribution in [2.75, 3.05) is 18.0 Å². The van der Waals surface area contributed by atoms with Crippen molar-refractivity contribution in [1.82, 2.24) is 20.6 Å². The van der Waals surface area contributed by atoms with Crippen molar-refractivity contribution in [3.63, 3.8) is 0 Å². The highest BCUT2D eigenvalue weighted by atomic mass is 19.1. The van der Waals surface area contributed by atoms with E-state index in [-0.39, 0.29) is 19.0 Å². The fourth-order valence-corrected chi connectivity index (χ4v) is 3.33. The third-order valence-corrected chi connectivity index (χ3v) is 4.95. The minimum absolute atomic E-state index is 0.208. The maximum Gasteiger partial charge on any atom is 0.414 e. The van der Waals surface area contributed by atoms with Crippen molar-refractivity contribution in [2.24, 2.45) is 0 Å². The van der Waals surface area contributed by atoms with Crippen LogP contribution in [-0.2, 0) is 22.6 Å². The molecular formula is C22H22FN5O4. The Bertz CT molecular complexity index is 1090. The van der Waals surface area contributed by atoms with Crippen molar-refractivity contribution in [1.29, 1.82) is 0 Å². The lowest BCUT2D eigenvalue weighted by atomic mass is 10.1. The Balaban J connectivity index is 1.38.